The van der Waals surface area contributed by atoms with E-state index in [9.17, 15) is 14.4 Å². The van der Waals surface area contributed by atoms with Crippen molar-refractivity contribution in [3.05, 3.63) is 95.1 Å². The molecule has 3 amide bonds. The van der Waals surface area contributed by atoms with Crippen LogP contribution in [-0.2, 0) is 16.9 Å². The van der Waals surface area contributed by atoms with Crippen LogP contribution in [0, 0.1) is 13.8 Å². The number of tetrazole rings is 1. The van der Waals surface area contributed by atoms with E-state index in [1.54, 1.807) is 31.2 Å². The highest BCUT2D eigenvalue weighted by atomic mass is 16.2. The van der Waals surface area contributed by atoms with E-state index in [-0.39, 0.29) is 12.3 Å². The highest BCUT2D eigenvalue weighted by Crippen LogP contribution is 2.30. The van der Waals surface area contributed by atoms with Crippen molar-refractivity contribution in [3.8, 4) is 5.69 Å². The monoisotopic (exact) mass is 483 g/mol. The number of nitrogens with one attached hydrogen (secondary N) is 1. The van der Waals surface area contributed by atoms with Gasteiger partial charge in [0.15, 0.2) is 5.78 Å². The minimum absolute atomic E-state index is 0.294. The second kappa shape index (κ2) is 8.88. The Morgan fingerprint density at radius 1 is 1.03 bits per heavy atom. The van der Waals surface area contributed by atoms with Crippen molar-refractivity contribution in [1.82, 2.24) is 35.0 Å². The first-order chi connectivity index (χ1) is 17.3. The van der Waals surface area contributed by atoms with Crippen LogP contribution in [0.25, 0.3) is 5.69 Å². The van der Waals surface area contributed by atoms with Gasteiger partial charge in [0.1, 0.15) is 11.9 Å². The van der Waals surface area contributed by atoms with Crippen molar-refractivity contribution in [2.75, 3.05) is 6.54 Å². The summed E-state index contributed by atoms with van der Waals surface area (Å²) in [7, 11) is 0. The number of urea groups is 1. The molecular weight excluding hydrogens is 458 g/mol. The number of carbonyl (C=O) groups is 3. The number of Topliss-reactive ketones (excluding diaryl/α,β-unsaturated/α-hetero) is 1. The number of aromatic nitrogens is 5. The first kappa shape index (κ1) is 23.2. The molecule has 182 valence electrons. The van der Waals surface area contributed by atoms with Gasteiger partial charge in [-0.05, 0) is 60.5 Å². The first-order valence-electron chi connectivity index (χ1n) is 11.5. The minimum Gasteiger partial charge on any atom is -0.344 e. The average Bonchev–Trinajstić information content (AvgIpc) is 3.57. The summed E-state index contributed by atoms with van der Waals surface area (Å²) in [5, 5.41) is 13.9. The van der Waals surface area contributed by atoms with E-state index in [2.05, 4.69) is 25.4 Å². The number of rotatable bonds is 7. The third kappa shape index (κ3) is 3.96. The van der Waals surface area contributed by atoms with Crippen LogP contribution in [0.5, 0.6) is 0 Å². The Bertz CT molecular complexity index is 1460. The lowest BCUT2D eigenvalue weighted by molar-refractivity contribution is -0.130. The fourth-order valence-electron chi connectivity index (χ4n) is 4.60. The van der Waals surface area contributed by atoms with E-state index in [0.29, 0.717) is 23.4 Å². The molecule has 0 aliphatic carbocycles. The second-order valence-corrected chi connectivity index (χ2v) is 9.03. The molecule has 5 rings (SSSR count). The summed E-state index contributed by atoms with van der Waals surface area (Å²) in [6.45, 7) is 5.73. The number of carbonyl (C=O) groups excluding carboxylic acids is 3. The zero-order valence-electron chi connectivity index (χ0n) is 20.2. The topological polar surface area (TPSA) is 115 Å². The van der Waals surface area contributed by atoms with Crippen LogP contribution >= 0.6 is 0 Å². The zero-order valence-corrected chi connectivity index (χ0v) is 20.2. The number of amides is 3. The van der Waals surface area contributed by atoms with Gasteiger partial charge < -0.3 is 9.88 Å². The SMILES string of the molecule is Cc1cc(C(=O)CN2C(=O)N[C@](C)(c3cccc(-n4cnnn4)c3)C2=O)c(C)n1Cc1ccccc1. The quantitative estimate of drug-likeness (QED) is 0.319. The first-order valence-corrected chi connectivity index (χ1v) is 11.5. The van der Waals surface area contributed by atoms with Gasteiger partial charge in [0, 0.05) is 23.5 Å². The summed E-state index contributed by atoms with van der Waals surface area (Å²) in [4.78, 5) is 40.5. The summed E-state index contributed by atoms with van der Waals surface area (Å²) < 4.78 is 3.52. The second-order valence-electron chi connectivity index (χ2n) is 9.03. The third-order valence-corrected chi connectivity index (χ3v) is 6.67. The largest absolute Gasteiger partial charge is 0.344 e. The summed E-state index contributed by atoms with van der Waals surface area (Å²) in [5.74, 6) is -0.787. The van der Waals surface area contributed by atoms with Crippen LogP contribution in [0.15, 0.2) is 67.0 Å². The normalized spacial score (nSPS) is 17.5. The molecule has 0 bridgehead atoms. The van der Waals surface area contributed by atoms with Gasteiger partial charge in [0.05, 0.1) is 12.2 Å². The van der Waals surface area contributed by atoms with Gasteiger partial charge in [0.25, 0.3) is 5.91 Å². The number of imide groups is 1. The van der Waals surface area contributed by atoms with Gasteiger partial charge in [-0.25, -0.2) is 9.48 Å². The molecule has 3 heterocycles. The summed E-state index contributed by atoms with van der Waals surface area (Å²) in [6.07, 6.45) is 1.44. The molecule has 1 N–H and O–H groups in total. The maximum absolute atomic E-state index is 13.4. The van der Waals surface area contributed by atoms with Crippen molar-refractivity contribution < 1.29 is 14.4 Å². The molecule has 1 saturated heterocycles. The maximum Gasteiger partial charge on any atom is 0.325 e. The van der Waals surface area contributed by atoms with Gasteiger partial charge >= 0.3 is 6.03 Å². The number of aryl methyl sites for hydroxylation is 1. The fourth-order valence-corrected chi connectivity index (χ4v) is 4.60. The average molecular weight is 484 g/mol. The molecule has 1 atom stereocenters. The van der Waals surface area contributed by atoms with Gasteiger partial charge in [0.2, 0.25) is 0 Å². The summed E-state index contributed by atoms with van der Waals surface area (Å²) in [6, 6.07) is 18.2. The van der Waals surface area contributed by atoms with E-state index < -0.39 is 17.5 Å². The fraction of sp³-hybridized carbons (Fsp3) is 0.231. The van der Waals surface area contributed by atoms with Gasteiger partial charge in [-0.2, -0.15) is 0 Å². The Labute approximate surface area is 207 Å². The van der Waals surface area contributed by atoms with E-state index in [1.807, 2.05) is 50.2 Å². The highest BCUT2D eigenvalue weighted by Gasteiger charge is 2.49. The van der Waals surface area contributed by atoms with Gasteiger partial charge in [-0.15, -0.1) is 5.10 Å². The highest BCUT2D eigenvalue weighted by molar-refractivity contribution is 6.11. The molecule has 4 aromatic rings. The molecule has 2 aromatic carbocycles. The lowest BCUT2D eigenvalue weighted by atomic mass is 9.91. The van der Waals surface area contributed by atoms with Crippen LogP contribution < -0.4 is 5.32 Å². The van der Waals surface area contributed by atoms with Crippen molar-refractivity contribution >= 4 is 17.7 Å². The number of benzene rings is 2. The Morgan fingerprint density at radius 2 is 1.81 bits per heavy atom. The molecule has 0 spiro atoms. The lowest BCUT2D eigenvalue weighted by Gasteiger charge is -2.22. The van der Waals surface area contributed by atoms with E-state index in [0.717, 1.165) is 21.9 Å². The minimum atomic E-state index is -1.33. The Balaban J connectivity index is 1.37. The van der Waals surface area contributed by atoms with Crippen LogP contribution in [0.3, 0.4) is 0 Å². The molecular formula is C26H25N7O3. The molecule has 0 saturated carbocycles. The predicted octanol–water partition coefficient (Wildman–Crippen LogP) is 2.78. The van der Waals surface area contributed by atoms with Crippen molar-refractivity contribution in [2.45, 2.75) is 32.9 Å². The summed E-state index contributed by atoms with van der Waals surface area (Å²) in [5.41, 5.74) is 3.22. The Hall–Kier alpha value is -4.60. The Morgan fingerprint density at radius 3 is 2.53 bits per heavy atom. The van der Waals surface area contributed by atoms with E-state index in [4.69, 9.17) is 0 Å². The molecule has 1 fully saturated rings. The standard InChI is InChI=1S/C26H25N7O3/c1-17-12-22(18(2)31(17)14-19-8-5-4-6-9-19)23(34)15-32-24(35)26(3,28-25(32)36)20-10-7-11-21(13-20)33-16-27-29-30-33/h4-13,16H,14-15H2,1-3H3,(H,28,36)/t26-/m1/s1. The number of hydrogen-bond acceptors (Lipinski definition) is 6. The molecule has 10 heteroatoms. The summed E-state index contributed by atoms with van der Waals surface area (Å²) >= 11 is 0. The van der Waals surface area contributed by atoms with Crippen molar-refractivity contribution in [2.24, 2.45) is 0 Å². The van der Waals surface area contributed by atoms with E-state index >= 15 is 0 Å². The number of nitrogens with zero attached hydrogens (tertiary/aromatic N) is 6. The molecule has 0 radical (unpaired) electrons. The lowest BCUT2D eigenvalue weighted by Crippen LogP contribution is -2.41. The van der Waals surface area contributed by atoms with Crippen molar-refractivity contribution in [3.63, 3.8) is 0 Å². The van der Waals surface area contributed by atoms with Crippen LogP contribution in [0.1, 0.15) is 39.8 Å². The molecule has 0 unspecified atom stereocenters. The number of hydrogen-bond donors (Lipinski definition) is 1. The van der Waals surface area contributed by atoms with Crippen LogP contribution in [0.2, 0.25) is 0 Å². The maximum atomic E-state index is 13.4. The van der Waals surface area contributed by atoms with Gasteiger partial charge in [-0.3, -0.25) is 14.5 Å². The molecule has 10 nitrogen and oxygen atoms in total. The molecule has 2 aromatic heterocycles. The zero-order chi connectivity index (χ0) is 25.4. The molecule has 1 aliphatic rings. The predicted molar refractivity (Wildman–Crippen MR) is 131 cm³/mol. The Kier molecular flexibility index (Phi) is 5.71. The smallest absolute Gasteiger partial charge is 0.325 e. The third-order valence-electron chi connectivity index (χ3n) is 6.67. The van der Waals surface area contributed by atoms with Crippen LogP contribution in [-0.4, -0.2) is 53.9 Å². The van der Waals surface area contributed by atoms with Crippen LogP contribution in [0.4, 0.5) is 4.79 Å². The van der Waals surface area contributed by atoms with Crippen molar-refractivity contribution in [1.29, 1.82) is 0 Å². The molecule has 1 aliphatic heterocycles. The molecule has 36 heavy (non-hydrogen) atoms. The van der Waals surface area contributed by atoms with E-state index in [1.165, 1.54) is 11.0 Å². The van der Waals surface area contributed by atoms with Gasteiger partial charge in [-0.1, -0.05) is 42.5 Å². The number of ketones is 1.